The molecule has 2 rings (SSSR count). The summed E-state index contributed by atoms with van der Waals surface area (Å²) in [4.78, 5) is 11.9. The van der Waals surface area contributed by atoms with Gasteiger partial charge in [0.05, 0.1) is 16.7 Å². The molecule has 0 fully saturated rings. The van der Waals surface area contributed by atoms with Crippen molar-refractivity contribution in [3.05, 3.63) is 46.6 Å². The van der Waals surface area contributed by atoms with Gasteiger partial charge in [-0.25, -0.2) is 8.78 Å². The van der Waals surface area contributed by atoms with E-state index in [1.807, 2.05) is 6.07 Å². The molecule has 2 aromatic rings. The zero-order chi connectivity index (χ0) is 14.7. The first kappa shape index (κ1) is 14.0. The first-order chi connectivity index (χ1) is 9.51. The Kier molecular flexibility index (Phi) is 3.96. The van der Waals surface area contributed by atoms with Crippen LogP contribution in [0.2, 0.25) is 5.02 Å². The molecule has 1 heterocycles. The summed E-state index contributed by atoms with van der Waals surface area (Å²) >= 11 is 5.68. The number of rotatable bonds is 3. The normalized spacial score (nSPS) is 10.1. The Bertz CT molecular complexity index is 708. The Morgan fingerprint density at radius 1 is 1.45 bits per heavy atom. The van der Waals surface area contributed by atoms with E-state index < -0.39 is 17.5 Å². The van der Waals surface area contributed by atoms with E-state index in [0.717, 1.165) is 6.07 Å². The fourth-order valence-corrected chi connectivity index (χ4v) is 1.71. The fourth-order valence-electron chi connectivity index (χ4n) is 1.47. The second kappa shape index (κ2) is 5.67. The predicted octanol–water partition coefficient (Wildman–Crippen LogP) is 2.59. The molecule has 1 aromatic carbocycles. The van der Waals surface area contributed by atoms with Crippen LogP contribution in [0.25, 0.3) is 0 Å². The van der Waals surface area contributed by atoms with Crippen molar-refractivity contribution in [2.24, 2.45) is 0 Å². The largest absolute Gasteiger partial charge is 0.305 e. The molecule has 0 aliphatic carbocycles. The third kappa shape index (κ3) is 2.92. The zero-order valence-electron chi connectivity index (χ0n) is 9.90. The Balaban J connectivity index is 2.19. The minimum atomic E-state index is -1.17. The van der Waals surface area contributed by atoms with Crippen LogP contribution in [0, 0.1) is 23.0 Å². The maximum atomic E-state index is 13.1. The molecular formula is C12H7ClF2N4O. The lowest BCUT2D eigenvalue weighted by Crippen LogP contribution is -2.14. The van der Waals surface area contributed by atoms with Crippen molar-refractivity contribution >= 4 is 23.3 Å². The molecule has 0 aliphatic rings. The van der Waals surface area contributed by atoms with Gasteiger partial charge in [0.25, 0.3) is 5.91 Å². The highest BCUT2D eigenvalue weighted by molar-refractivity contribution is 6.34. The number of nitrogens with zero attached hydrogens (tertiary/aromatic N) is 3. The number of amides is 1. The van der Waals surface area contributed by atoms with Crippen LogP contribution in [0.3, 0.4) is 0 Å². The lowest BCUT2D eigenvalue weighted by atomic mass is 10.2. The minimum absolute atomic E-state index is 0.0296. The highest BCUT2D eigenvalue weighted by Crippen LogP contribution is 2.21. The number of hydrogen-bond donors (Lipinski definition) is 1. The summed E-state index contributed by atoms with van der Waals surface area (Å²) in [5.41, 5.74) is -0.208. The number of nitriles is 1. The second-order valence-corrected chi connectivity index (χ2v) is 4.16. The van der Waals surface area contributed by atoms with E-state index >= 15 is 0 Å². The summed E-state index contributed by atoms with van der Waals surface area (Å²) in [6.45, 7) is 0.0296. The van der Waals surface area contributed by atoms with Gasteiger partial charge in [-0.2, -0.15) is 10.4 Å². The molecule has 5 nitrogen and oxygen atoms in total. The second-order valence-electron chi connectivity index (χ2n) is 3.76. The summed E-state index contributed by atoms with van der Waals surface area (Å²) < 4.78 is 27.3. The van der Waals surface area contributed by atoms with Gasteiger partial charge < -0.3 is 5.32 Å². The molecule has 0 saturated heterocycles. The van der Waals surface area contributed by atoms with E-state index in [-0.39, 0.29) is 22.9 Å². The number of nitrogens with one attached hydrogen (secondary N) is 1. The van der Waals surface area contributed by atoms with Gasteiger partial charge in [0.15, 0.2) is 17.5 Å². The number of halogens is 3. The van der Waals surface area contributed by atoms with Crippen LogP contribution < -0.4 is 5.32 Å². The van der Waals surface area contributed by atoms with Crippen LogP contribution in [0.15, 0.2) is 24.4 Å². The molecule has 0 atom stereocenters. The van der Waals surface area contributed by atoms with Gasteiger partial charge in [-0.15, -0.1) is 0 Å². The number of anilines is 1. The van der Waals surface area contributed by atoms with E-state index in [9.17, 15) is 13.6 Å². The molecular weight excluding hydrogens is 290 g/mol. The smallest absolute Gasteiger partial charge is 0.258 e. The molecule has 0 unspecified atom stereocenters. The third-order valence-electron chi connectivity index (χ3n) is 2.37. The molecule has 0 bridgehead atoms. The number of aromatic nitrogens is 2. The number of hydrogen-bond acceptors (Lipinski definition) is 3. The van der Waals surface area contributed by atoms with Gasteiger partial charge >= 0.3 is 0 Å². The van der Waals surface area contributed by atoms with Crippen molar-refractivity contribution < 1.29 is 13.6 Å². The van der Waals surface area contributed by atoms with Crippen molar-refractivity contribution in [3.8, 4) is 6.07 Å². The van der Waals surface area contributed by atoms with Crippen molar-refractivity contribution in [1.82, 2.24) is 9.78 Å². The van der Waals surface area contributed by atoms with Gasteiger partial charge in [0.2, 0.25) is 0 Å². The average molecular weight is 297 g/mol. The molecule has 0 saturated carbocycles. The Morgan fingerprint density at radius 2 is 2.15 bits per heavy atom. The maximum Gasteiger partial charge on any atom is 0.258 e. The topological polar surface area (TPSA) is 70.7 Å². The first-order valence-electron chi connectivity index (χ1n) is 5.37. The maximum absolute atomic E-state index is 13.1. The van der Waals surface area contributed by atoms with Gasteiger partial charge in [0.1, 0.15) is 6.54 Å². The van der Waals surface area contributed by atoms with E-state index in [1.54, 1.807) is 0 Å². The minimum Gasteiger partial charge on any atom is -0.305 e. The highest BCUT2D eigenvalue weighted by atomic mass is 35.5. The predicted molar refractivity (Wildman–Crippen MR) is 67.2 cm³/mol. The van der Waals surface area contributed by atoms with Crippen LogP contribution in [0.4, 0.5) is 14.6 Å². The standard InChI is InChI=1S/C12H7ClF2N4O/c13-8-6-10(15)9(14)5-7(8)12(20)17-11-1-3-19(18-11)4-2-16/h1,3,5-6H,4H2,(H,17,18,20). The summed E-state index contributed by atoms with van der Waals surface area (Å²) in [6.07, 6.45) is 1.49. The SMILES string of the molecule is N#CCn1ccc(NC(=O)c2cc(F)c(F)cc2Cl)n1. The van der Waals surface area contributed by atoms with Crippen molar-refractivity contribution in [1.29, 1.82) is 5.26 Å². The molecule has 0 spiro atoms. The first-order valence-corrected chi connectivity index (χ1v) is 5.75. The molecule has 8 heteroatoms. The van der Waals surface area contributed by atoms with E-state index in [0.29, 0.717) is 6.07 Å². The number of carbonyl (C=O) groups is 1. The third-order valence-corrected chi connectivity index (χ3v) is 2.68. The molecule has 1 N–H and O–H groups in total. The van der Waals surface area contributed by atoms with Gasteiger partial charge in [0, 0.05) is 12.3 Å². The molecule has 1 amide bonds. The summed E-state index contributed by atoms with van der Waals surface area (Å²) in [5.74, 6) is -2.86. The molecule has 0 aliphatic heterocycles. The average Bonchev–Trinajstić information content (AvgIpc) is 2.81. The monoisotopic (exact) mass is 296 g/mol. The molecule has 20 heavy (non-hydrogen) atoms. The Labute approximate surface area is 117 Å². The van der Waals surface area contributed by atoms with Crippen LogP contribution in [0.5, 0.6) is 0 Å². The Hall–Kier alpha value is -2.46. The van der Waals surface area contributed by atoms with Crippen molar-refractivity contribution in [2.75, 3.05) is 5.32 Å². The summed E-state index contributed by atoms with van der Waals surface area (Å²) in [6, 6.07) is 4.77. The fraction of sp³-hybridized carbons (Fsp3) is 0.0833. The van der Waals surface area contributed by atoms with E-state index in [2.05, 4.69) is 10.4 Å². The lowest BCUT2D eigenvalue weighted by Gasteiger charge is -2.05. The molecule has 0 radical (unpaired) electrons. The van der Waals surface area contributed by atoms with Crippen LogP contribution in [-0.2, 0) is 6.54 Å². The van der Waals surface area contributed by atoms with E-state index in [1.165, 1.54) is 16.9 Å². The van der Waals surface area contributed by atoms with Gasteiger partial charge in [-0.1, -0.05) is 11.6 Å². The van der Waals surface area contributed by atoms with Gasteiger partial charge in [-0.3, -0.25) is 9.48 Å². The van der Waals surface area contributed by atoms with Crippen molar-refractivity contribution in [3.63, 3.8) is 0 Å². The molecule has 1 aromatic heterocycles. The molecule has 102 valence electrons. The number of benzene rings is 1. The summed E-state index contributed by atoms with van der Waals surface area (Å²) in [5, 5.41) is 14.5. The lowest BCUT2D eigenvalue weighted by molar-refractivity contribution is 0.102. The van der Waals surface area contributed by atoms with Crippen molar-refractivity contribution in [2.45, 2.75) is 6.54 Å². The van der Waals surface area contributed by atoms with Crippen LogP contribution in [0.1, 0.15) is 10.4 Å². The Morgan fingerprint density at radius 3 is 2.85 bits per heavy atom. The van der Waals surface area contributed by atoms with E-state index in [4.69, 9.17) is 16.9 Å². The van der Waals surface area contributed by atoms with Crippen LogP contribution in [-0.4, -0.2) is 15.7 Å². The zero-order valence-corrected chi connectivity index (χ0v) is 10.7. The van der Waals surface area contributed by atoms with Gasteiger partial charge in [-0.05, 0) is 12.1 Å². The summed E-state index contributed by atoms with van der Waals surface area (Å²) in [7, 11) is 0. The van der Waals surface area contributed by atoms with Crippen LogP contribution >= 0.6 is 11.6 Å². The highest BCUT2D eigenvalue weighted by Gasteiger charge is 2.15. The number of carbonyl (C=O) groups excluding carboxylic acids is 1. The quantitative estimate of drug-likeness (QED) is 0.885.